The Morgan fingerprint density at radius 2 is 1.86 bits per heavy atom. The Balaban J connectivity index is 1.34. The first-order chi connectivity index (χ1) is 14.0. The minimum atomic E-state index is 0.315. The van der Waals surface area contributed by atoms with Crippen molar-refractivity contribution in [2.45, 2.75) is 72.1 Å². The number of nitrogens with zero attached hydrogens (tertiary/aromatic N) is 2. The van der Waals surface area contributed by atoms with Gasteiger partial charge in [0.2, 0.25) is 0 Å². The van der Waals surface area contributed by atoms with Gasteiger partial charge in [-0.2, -0.15) is 0 Å². The van der Waals surface area contributed by atoms with Crippen molar-refractivity contribution in [3.05, 3.63) is 36.7 Å². The monoisotopic (exact) mass is 388 g/mol. The number of aromatic nitrogens is 2. The molecule has 6 rings (SSSR count). The summed E-state index contributed by atoms with van der Waals surface area (Å²) in [6, 6.07) is 8.63. The van der Waals surface area contributed by atoms with Crippen LogP contribution in [0.4, 0.5) is 0 Å². The lowest BCUT2D eigenvalue weighted by Gasteiger charge is -2.61. The van der Waals surface area contributed by atoms with Crippen molar-refractivity contribution < 1.29 is 0 Å². The van der Waals surface area contributed by atoms with Crippen LogP contribution in [0.15, 0.2) is 36.7 Å². The highest BCUT2D eigenvalue weighted by Gasteiger charge is 2.58. The van der Waals surface area contributed by atoms with Gasteiger partial charge in [-0.25, -0.2) is 4.98 Å². The topological polar surface area (TPSA) is 17.8 Å². The van der Waals surface area contributed by atoms with Crippen LogP contribution >= 0.6 is 0 Å². The molecular weight excluding hydrogens is 352 g/mol. The molecule has 0 N–H and O–H groups in total. The fourth-order valence-corrected chi connectivity index (χ4v) is 8.54. The zero-order chi connectivity index (χ0) is 19.8. The summed E-state index contributed by atoms with van der Waals surface area (Å²) in [5, 5.41) is 0. The number of fused-ring (bicyclic) bond motifs is 6. The van der Waals surface area contributed by atoms with Gasteiger partial charge >= 0.3 is 0 Å². The van der Waals surface area contributed by atoms with Crippen LogP contribution in [0.3, 0.4) is 0 Å². The third kappa shape index (κ3) is 2.44. The number of rotatable bonds is 1. The van der Waals surface area contributed by atoms with Gasteiger partial charge in [-0.3, -0.25) is 0 Å². The molecule has 4 aliphatic rings. The summed E-state index contributed by atoms with van der Waals surface area (Å²) < 4.78 is 2.42. The summed E-state index contributed by atoms with van der Waals surface area (Å²) in [5.41, 5.74) is 4.87. The molecule has 7 atom stereocenters. The lowest BCUT2D eigenvalue weighted by molar-refractivity contribution is -0.103. The average molecular weight is 389 g/mol. The van der Waals surface area contributed by atoms with Crippen LogP contribution < -0.4 is 0 Å². The number of hydrogen-bond acceptors (Lipinski definition) is 1. The van der Waals surface area contributed by atoms with E-state index in [4.69, 9.17) is 4.98 Å². The molecule has 0 radical (unpaired) electrons. The summed E-state index contributed by atoms with van der Waals surface area (Å²) in [7, 11) is 0. The lowest BCUT2D eigenvalue weighted by Crippen LogP contribution is -2.53. The Bertz CT molecular complexity index is 970. The maximum Gasteiger partial charge on any atom is 0.100 e. The Kier molecular flexibility index (Phi) is 3.91. The second kappa shape index (κ2) is 6.22. The molecule has 154 valence electrons. The van der Waals surface area contributed by atoms with Crippen molar-refractivity contribution in [3.63, 3.8) is 0 Å². The summed E-state index contributed by atoms with van der Waals surface area (Å²) in [5.74, 6) is 4.65. The third-order valence-corrected chi connectivity index (χ3v) is 10.2. The van der Waals surface area contributed by atoms with Gasteiger partial charge in [0.15, 0.2) is 0 Å². The minimum absolute atomic E-state index is 0.315. The molecule has 0 amide bonds. The van der Waals surface area contributed by atoms with Crippen LogP contribution in [0.25, 0.3) is 16.7 Å². The maximum absolute atomic E-state index is 4.71. The number of allylic oxidation sites excluding steroid dienone is 2. The van der Waals surface area contributed by atoms with Crippen molar-refractivity contribution in [2.75, 3.05) is 0 Å². The van der Waals surface area contributed by atoms with Crippen LogP contribution in [0.5, 0.6) is 0 Å². The zero-order valence-electron chi connectivity index (χ0n) is 18.4. The molecule has 3 unspecified atom stereocenters. The highest BCUT2D eigenvalue weighted by Crippen LogP contribution is 2.67. The Labute approximate surface area is 175 Å². The molecule has 2 nitrogen and oxygen atoms in total. The molecular formula is C27H36N2. The molecule has 0 saturated heterocycles. The Morgan fingerprint density at radius 3 is 2.76 bits per heavy atom. The van der Waals surface area contributed by atoms with E-state index < -0.39 is 0 Å². The largest absolute Gasteiger partial charge is 0.302 e. The molecule has 3 saturated carbocycles. The van der Waals surface area contributed by atoms with Crippen molar-refractivity contribution in [1.29, 1.82) is 0 Å². The number of benzene rings is 1. The van der Waals surface area contributed by atoms with Gasteiger partial charge in [-0.15, -0.1) is 0 Å². The fourth-order valence-electron chi connectivity index (χ4n) is 8.54. The van der Waals surface area contributed by atoms with Gasteiger partial charge in [-0.1, -0.05) is 45.4 Å². The second-order valence-electron chi connectivity index (χ2n) is 11.4. The molecule has 0 aliphatic heterocycles. The summed E-state index contributed by atoms with van der Waals surface area (Å²) >= 11 is 0. The summed E-state index contributed by atoms with van der Waals surface area (Å²) in [4.78, 5) is 4.71. The van der Waals surface area contributed by atoms with Gasteiger partial charge in [0.05, 0.1) is 11.0 Å². The zero-order valence-corrected chi connectivity index (χ0v) is 18.4. The molecule has 2 heteroatoms. The number of imidazole rings is 1. The van der Waals surface area contributed by atoms with Crippen LogP contribution in [0.1, 0.15) is 72.1 Å². The quantitative estimate of drug-likeness (QED) is 0.506. The van der Waals surface area contributed by atoms with Crippen LogP contribution in [-0.4, -0.2) is 9.55 Å². The Hall–Kier alpha value is -1.57. The van der Waals surface area contributed by atoms with E-state index in [2.05, 4.69) is 62.0 Å². The minimum Gasteiger partial charge on any atom is -0.302 e. The van der Waals surface area contributed by atoms with Gasteiger partial charge in [0.1, 0.15) is 6.33 Å². The standard InChI is InChI=1S/C27H36N2/c1-18-12-14-26(2)19(16-18)8-9-20-21-10-11-25(27(21,3)15-13-22(20)26)29-17-28-23-6-4-5-7-24(23)29/h4-7,11,17-22H,8-10,12-16H2,1-3H3/t18-,19-,20?,21?,22?,26-,27-/m0/s1. The number of hydrogen-bond donors (Lipinski definition) is 0. The summed E-state index contributed by atoms with van der Waals surface area (Å²) in [6.45, 7) is 7.76. The smallest absolute Gasteiger partial charge is 0.100 e. The van der Waals surface area contributed by atoms with E-state index >= 15 is 0 Å². The molecule has 1 heterocycles. The molecule has 4 aliphatic carbocycles. The molecule has 0 bridgehead atoms. The van der Waals surface area contributed by atoms with E-state index in [0.29, 0.717) is 10.8 Å². The molecule has 2 aromatic rings. The highest BCUT2D eigenvalue weighted by molar-refractivity contribution is 5.80. The highest BCUT2D eigenvalue weighted by atomic mass is 15.1. The normalized spacial score (nSPS) is 44.1. The van der Waals surface area contributed by atoms with Crippen molar-refractivity contribution in [1.82, 2.24) is 9.55 Å². The summed E-state index contributed by atoms with van der Waals surface area (Å²) in [6.07, 6.45) is 16.1. The van der Waals surface area contributed by atoms with E-state index in [1.54, 1.807) is 5.70 Å². The van der Waals surface area contributed by atoms with E-state index in [0.717, 1.165) is 35.1 Å². The first kappa shape index (κ1) is 18.2. The van der Waals surface area contributed by atoms with Gasteiger partial charge in [0.25, 0.3) is 0 Å². The van der Waals surface area contributed by atoms with Crippen LogP contribution in [0, 0.1) is 40.4 Å². The third-order valence-electron chi connectivity index (χ3n) is 10.2. The first-order valence-electron chi connectivity index (χ1n) is 12.1. The van der Waals surface area contributed by atoms with Gasteiger partial charge < -0.3 is 4.57 Å². The Morgan fingerprint density at radius 1 is 1.00 bits per heavy atom. The molecule has 29 heavy (non-hydrogen) atoms. The molecule has 1 aromatic carbocycles. The van der Waals surface area contributed by atoms with Crippen LogP contribution in [-0.2, 0) is 0 Å². The van der Waals surface area contributed by atoms with Crippen LogP contribution in [0.2, 0.25) is 0 Å². The van der Waals surface area contributed by atoms with Crippen molar-refractivity contribution in [2.24, 2.45) is 40.4 Å². The molecule has 1 aromatic heterocycles. The first-order valence-corrected chi connectivity index (χ1v) is 12.1. The number of para-hydroxylation sites is 2. The predicted octanol–water partition coefficient (Wildman–Crippen LogP) is 7.17. The SMILES string of the molecule is C[C@H]1CC[C@]2(C)C3CC[C@]4(C)C(n5cnc6ccccc65)=CCC4C3CC[C@H]2C1. The average Bonchev–Trinajstić information content (AvgIpc) is 3.29. The van der Waals surface area contributed by atoms with E-state index in [1.165, 1.54) is 56.9 Å². The predicted molar refractivity (Wildman–Crippen MR) is 120 cm³/mol. The maximum atomic E-state index is 4.71. The lowest BCUT2D eigenvalue weighted by atomic mass is 9.44. The molecule has 0 spiro atoms. The second-order valence-corrected chi connectivity index (χ2v) is 11.4. The van der Waals surface area contributed by atoms with E-state index in [9.17, 15) is 0 Å². The van der Waals surface area contributed by atoms with Gasteiger partial charge in [-0.05, 0) is 92.1 Å². The van der Waals surface area contributed by atoms with Gasteiger partial charge in [0, 0.05) is 11.1 Å². The van der Waals surface area contributed by atoms with E-state index in [1.807, 2.05) is 0 Å². The fraction of sp³-hybridized carbons (Fsp3) is 0.667. The van der Waals surface area contributed by atoms with Crippen molar-refractivity contribution in [3.8, 4) is 0 Å². The van der Waals surface area contributed by atoms with E-state index in [-0.39, 0.29) is 0 Å². The molecule has 3 fully saturated rings. The van der Waals surface area contributed by atoms with Crippen molar-refractivity contribution >= 4 is 16.7 Å².